The fraction of sp³-hybridized carbons (Fsp3) is 0.600. The summed E-state index contributed by atoms with van der Waals surface area (Å²) in [5, 5.41) is 9.95. The number of carboxylic acid groups (broad SMARTS) is 1. The molecule has 1 aromatic rings. The molecular formula is C20H26N2O4. The van der Waals surface area contributed by atoms with Crippen molar-refractivity contribution < 1.29 is 19.4 Å². The Hall–Kier alpha value is -2.08. The molecule has 1 saturated carbocycles. The second-order valence-corrected chi connectivity index (χ2v) is 7.97. The SMILES string of the molecule is CN(CC(=O)N1C[C@@H]2c3ccccc3OC[C@]2(C(=O)O)C1)C1CCCC1. The Bertz CT molecular complexity index is 716. The number of hydrogen-bond donors (Lipinski definition) is 1. The highest BCUT2D eigenvalue weighted by molar-refractivity contribution is 5.83. The summed E-state index contributed by atoms with van der Waals surface area (Å²) in [6.07, 6.45) is 4.75. The van der Waals surface area contributed by atoms with Gasteiger partial charge in [0.2, 0.25) is 5.91 Å². The van der Waals surface area contributed by atoms with Gasteiger partial charge in [0.1, 0.15) is 17.8 Å². The van der Waals surface area contributed by atoms with Crippen molar-refractivity contribution in [2.45, 2.75) is 37.6 Å². The van der Waals surface area contributed by atoms with Gasteiger partial charge in [-0.2, -0.15) is 0 Å². The number of rotatable bonds is 4. The molecule has 1 amide bonds. The van der Waals surface area contributed by atoms with Crippen molar-refractivity contribution >= 4 is 11.9 Å². The van der Waals surface area contributed by atoms with Gasteiger partial charge in [-0.15, -0.1) is 0 Å². The molecule has 2 heterocycles. The van der Waals surface area contributed by atoms with Crippen molar-refractivity contribution in [2.75, 3.05) is 33.3 Å². The normalized spacial score (nSPS) is 27.9. The standard InChI is InChI=1S/C20H26N2O4/c1-21(14-6-2-3-7-14)11-18(23)22-10-16-15-8-4-5-9-17(15)26-13-20(16,12-22)19(24)25/h4-5,8-9,14,16H,2-3,6-7,10-13H2,1H3,(H,24,25)/t16-,20-/m1/s1. The van der Waals surface area contributed by atoms with Crippen LogP contribution in [-0.2, 0) is 9.59 Å². The molecule has 0 unspecified atom stereocenters. The molecule has 1 aliphatic carbocycles. The van der Waals surface area contributed by atoms with Crippen LogP contribution < -0.4 is 4.74 Å². The van der Waals surface area contributed by atoms with Crippen LogP contribution in [0.25, 0.3) is 0 Å². The average Bonchev–Trinajstić information content (AvgIpc) is 3.30. The Kier molecular flexibility index (Phi) is 4.39. The van der Waals surface area contributed by atoms with Crippen LogP contribution in [0.15, 0.2) is 24.3 Å². The third kappa shape index (κ3) is 2.76. The number of nitrogens with zero attached hydrogens (tertiary/aromatic N) is 2. The molecule has 3 aliphatic rings. The molecule has 6 heteroatoms. The number of likely N-dealkylation sites (N-methyl/N-ethyl adjacent to an activating group) is 1. The van der Waals surface area contributed by atoms with E-state index in [0.29, 0.717) is 19.1 Å². The molecule has 6 nitrogen and oxygen atoms in total. The van der Waals surface area contributed by atoms with E-state index in [4.69, 9.17) is 4.74 Å². The summed E-state index contributed by atoms with van der Waals surface area (Å²) < 4.78 is 5.76. The Morgan fingerprint density at radius 3 is 2.77 bits per heavy atom. The lowest BCUT2D eigenvalue weighted by Gasteiger charge is -2.35. The summed E-state index contributed by atoms with van der Waals surface area (Å²) >= 11 is 0. The van der Waals surface area contributed by atoms with E-state index >= 15 is 0 Å². The Morgan fingerprint density at radius 2 is 2.04 bits per heavy atom. The van der Waals surface area contributed by atoms with Crippen molar-refractivity contribution in [1.82, 2.24) is 9.80 Å². The van der Waals surface area contributed by atoms with Crippen LogP contribution >= 0.6 is 0 Å². The number of amides is 1. The summed E-state index contributed by atoms with van der Waals surface area (Å²) in [7, 11) is 2.00. The second-order valence-electron chi connectivity index (χ2n) is 7.97. The molecule has 26 heavy (non-hydrogen) atoms. The van der Waals surface area contributed by atoms with E-state index in [2.05, 4.69) is 4.90 Å². The number of benzene rings is 1. The van der Waals surface area contributed by atoms with E-state index in [-0.39, 0.29) is 25.0 Å². The minimum atomic E-state index is -1.05. The Labute approximate surface area is 153 Å². The van der Waals surface area contributed by atoms with E-state index < -0.39 is 11.4 Å². The van der Waals surface area contributed by atoms with Crippen molar-refractivity contribution in [1.29, 1.82) is 0 Å². The highest BCUT2D eigenvalue weighted by Crippen LogP contribution is 2.49. The van der Waals surface area contributed by atoms with Gasteiger partial charge in [0, 0.05) is 30.6 Å². The lowest BCUT2D eigenvalue weighted by Crippen LogP contribution is -2.47. The summed E-state index contributed by atoms with van der Waals surface area (Å²) in [6, 6.07) is 8.07. The highest BCUT2D eigenvalue weighted by atomic mass is 16.5. The van der Waals surface area contributed by atoms with E-state index in [0.717, 1.165) is 24.2 Å². The lowest BCUT2D eigenvalue weighted by atomic mass is 9.73. The van der Waals surface area contributed by atoms with Gasteiger partial charge in [-0.05, 0) is 26.0 Å². The minimum absolute atomic E-state index is 0.0203. The smallest absolute Gasteiger partial charge is 0.315 e. The van der Waals surface area contributed by atoms with Gasteiger partial charge >= 0.3 is 5.97 Å². The van der Waals surface area contributed by atoms with Gasteiger partial charge < -0.3 is 14.7 Å². The van der Waals surface area contributed by atoms with E-state index in [1.807, 2.05) is 31.3 Å². The number of likely N-dealkylation sites (tertiary alicyclic amines) is 1. The van der Waals surface area contributed by atoms with Gasteiger partial charge in [-0.25, -0.2) is 0 Å². The molecule has 0 radical (unpaired) electrons. The molecule has 0 bridgehead atoms. The summed E-state index contributed by atoms with van der Waals surface area (Å²) in [4.78, 5) is 28.9. The molecule has 0 aromatic heterocycles. The zero-order chi connectivity index (χ0) is 18.3. The van der Waals surface area contributed by atoms with Crippen LogP contribution in [0.5, 0.6) is 5.75 Å². The Balaban J connectivity index is 1.54. The van der Waals surface area contributed by atoms with Crippen LogP contribution in [0.3, 0.4) is 0 Å². The molecule has 1 saturated heterocycles. The summed E-state index contributed by atoms with van der Waals surface area (Å²) in [5.74, 6) is -0.333. The van der Waals surface area contributed by atoms with Crippen LogP contribution in [0, 0.1) is 5.41 Å². The van der Waals surface area contributed by atoms with Gasteiger partial charge in [0.25, 0.3) is 0 Å². The third-order valence-corrected chi connectivity index (χ3v) is 6.43. The van der Waals surface area contributed by atoms with Crippen molar-refractivity contribution in [3.05, 3.63) is 29.8 Å². The molecule has 1 N–H and O–H groups in total. The Morgan fingerprint density at radius 1 is 1.31 bits per heavy atom. The quantitative estimate of drug-likeness (QED) is 0.891. The largest absolute Gasteiger partial charge is 0.492 e. The topological polar surface area (TPSA) is 70.1 Å². The lowest BCUT2D eigenvalue weighted by molar-refractivity contribution is -0.152. The number of hydrogen-bond acceptors (Lipinski definition) is 4. The maximum Gasteiger partial charge on any atom is 0.315 e. The monoisotopic (exact) mass is 358 g/mol. The molecule has 4 rings (SSSR count). The van der Waals surface area contributed by atoms with Crippen LogP contribution in [0.1, 0.15) is 37.2 Å². The minimum Gasteiger partial charge on any atom is -0.492 e. The first-order chi connectivity index (χ1) is 12.5. The van der Waals surface area contributed by atoms with E-state index in [9.17, 15) is 14.7 Å². The predicted molar refractivity (Wildman–Crippen MR) is 96.2 cm³/mol. The first-order valence-electron chi connectivity index (χ1n) is 9.44. The molecule has 2 fully saturated rings. The van der Waals surface area contributed by atoms with Crippen molar-refractivity contribution in [2.24, 2.45) is 5.41 Å². The predicted octanol–water partition coefficient (Wildman–Crippen LogP) is 1.95. The summed E-state index contributed by atoms with van der Waals surface area (Å²) in [6.45, 7) is 1.14. The number of para-hydroxylation sites is 1. The van der Waals surface area contributed by atoms with Crippen LogP contribution in [0.2, 0.25) is 0 Å². The zero-order valence-electron chi connectivity index (χ0n) is 15.2. The molecule has 1 aromatic carbocycles. The van der Waals surface area contributed by atoms with Gasteiger partial charge in [-0.1, -0.05) is 31.0 Å². The summed E-state index contributed by atoms with van der Waals surface area (Å²) in [5.41, 5.74) is -0.142. The average molecular weight is 358 g/mol. The van der Waals surface area contributed by atoms with E-state index in [1.165, 1.54) is 12.8 Å². The molecule has 140 valence electrons. The molecule has 0 spiro atoms. The van der Waals surface area contributed by atoms with Crippen molar-refractivity contribution in [3.63, 3.8) is 0 Å². The maximum absolute atomic E-state index is 12.9. The fourth-order valence-electron chi connectivity index (χ4n) is 4.81. The molecule has 2 atom stereocenters. The number of fused-ring (bicyclic) bond motifs is 3. The van der Waals surface area contributed by atoms with Crippen LogP contribution in [0.4, 0.5) is 0 Å². The van der Waals surface area contributed by atoms with Gasteiger partial charge in [0.05, 0.1) is 6.54 Å². The number of aliphatic carboxylic acids is 1. The molecular weight excluding hydrogens is 332 g/mol. The molecule has 2 aliphatic heterocycles. The van der Waals surface area contributed by atoms with Gasteiger partial charge in [-0.3, -0.25) is 14.5 Å². The first kappa shape index (κ1) is 17.3. The van der Waals surface area contributed by atoms with Gasteiger partial charge in [0.15, 0.2) is 0 Å². The van der Waals surface area contributed by atoms with E-state index in [1.54, 1.807) is 4.90 Å². The third-order valence-electron chi connectivity index (χ3n) is 6.43. The number of carboxylic acids is 1. The second kappa shape index (κ2) is 6.58. The maximum atomic E-state index is 12.9. The number of carbonyl (C=O) groups excluding carboxylic acids is 1. The highest BCUT2D eigenvalue weighted by Gasteiger charge is 2.57. The van der Waals surface area contributed by atoms with Crippen molar-refractivity contribution in [3.8, 4) is 5.75 Å². The first-order valence-corrected chi connectivity index (χ1v) is 9.44. The number of ether oxygens (including phenoxy) is 1. The number of carbonyl (C=O) groups is 2. The fourth-order valence-corrected chi connectivity index (χ4v) is 4.81. The zero-order valence-corrected chi connectivity index (χ0v) is 15.2. The van der Waals surface area contributed by atoms with Crippen LogP contribution in [-0.4, -0.2) is 66.1 Å².